The van der Waals surface area contributed by atoms with E-state index in [0.717, 1.165) is 74.0 Å². The van der Waals surface area contributed by atoms with Crippen LogP contribution < -0.4 is 4.74 Å². The summed E-state index contributed by atoms with van der Waals surface area (Å²) < 4.78 is 5.88. The number of aromatic nitrogens is 2. The third-order valence-electron chi connectivity index (χ3n) is 9.54. The first-order valence-corrected chi connectivity index (χ1v) is 13.5. The molecule has 6 heteroatoms. The van der Waals surface area contributed by atoms with Gasteiger partial charge in [-0.15, -0.1) is 5.10 Å². The smallest absolute Gasteiger partial charge is 0.303 e. The number of benzene rings is 1. The Kier molecular flexibility index (Phi) is 5.93. The fraction of sp³-hybridized carbons (Fsp3) is 0.621. The molecular formula is C29H36N2O4. The van der Waals surface area contributed by atoms with E-state index in [2.05, 4.69) is 34.5 Å². The van der Waals surface area contributed by atoms with E-state index in [1.165, 1.54) is 24.8 Å². The summed E-state index contributed by atoms with van der Waals surface area (Å²) in [7, 11) is 0. The van der Waals surface area contributed by atoms with Gasteiger partial charge in [0.15, 0.2) is 5.78 Å². The molecule has 5 aliphatic carbocycles. The Morgan fingerprint density at radius 3 is 2.20 bits per heavy atom. The Morgan fingerprint density at radius 2 is 1.60 bits per heavy atom. The fourth-order valence-electron chi connectivity index (χ4n) is 8.15. The largest absolute Gasteiger partial charge is 0.481 e. The van der Waals surface area contributed by atoms with Gasteiger partial charge in [-0.05, 0) is 105 Å². The molecule has 0 unspecified atom stereocenters. The van der Waals surface area contributed by atoms with Crippen LogP contribution in [0.5, 0.6) is 5.88 Å². The molecule has 0 aliphatic heterocycles. The molecule has 0 saturated heterocycles. The number of carboxylic acids is 1. The molecule has 35 heavy (non-hydrogen) atoms. The molecular weight excluding hydrogens is 440 g/mol. The Labute approximate surface area is 206 Å². The third-order valence-corrected chi connectivity index (χ3v) is 9.54. The molecule has 6 nitrogen and oxygen atoms in total. The summed E-state index contributed by atoms with van der Waals surface area (Å²) in [4.78, 5) is 24.2. The molecule has 0 spiro atoms. The number of carbonyl (C=O) groups excluding carboxylic acids is 1. The topological polar surface area (TPSA) is 92.3 Å². The summed E-state index contributed by atoms with van der Waals surface area (Å²) >= 11 is 0. The van der Waals surface area contributed by atoms with Crippen molar-refractivity contribution in [1.29, 1.82) is 0 Å². The molecule has 5 fully saturated rings. The van der Waals surface area contributed by atoms with E-state index in [0.29, 0.717) is 24.1 Å². The van der Waals surface area contributed by atoms with Crippen LogP contribution in [0.2, 0.25) is 0 Å². The summed E-state index contributed by atoms with van der Waals surface area (Å²) in [6.45, 7) is 0.125. The number of ether oxygens (including phenoxy) is 1. The van der Waals surface area contributed by atoms with Gasteiger partial charge in [-0.2, -0.15) is 0 Å². The first-order chi connectivity index (χ1) is 17.0. The molecule has 7 rings (SSSR count). The van der Waals surface area contributed by atoms with Crippen molar-refractivity contribution in [3.63, 3.8) is 0 Å². The van der Waals surface area contributed by atoms with Crippen molar-refractivity contribution in [3.8, 4) is 17.1 Å². The molecule has 1 aromatic carbocycles. The van der Waals surface area contributed by atoms with Crippen molar-refractivity contribution in [1.82, 2.24) is 10.2 Å². The number of carboxylic acid groups (broad SMARTS) is 1. The quantitative estimate of drug-likeness (QED) is 0.488. The van der Waals surface area contributed by atoms with Gasteiger partial charge in [0.2, 0.25) is 5.88 Å². The Hall–Kier alpha value is -2.63. The predicted octanol–water partition coefficient (Wildman–Crippen LogP) is 5.99. The normalized spacial score (nSPS) is 33.5. The van der Waals surface area contributed by atoms with Gasteiger partial charge in [-0.1, -0.05) is 24.3 Å². The summed E-state index contributed by atoms with van der Waals surface area (Å²) in [5, 5.41) is 16.4. The number of nitrogens with zero attached hydrogens (tertiary/aromatic N) is 1. The molecule has 186 valence electrons. The highest BCUT2D eigenvalue weighted by Crippen LogP contribution is 2.60. The Morgan fingerprint density at radius 1 is 0.971 bits per heavy atom. The number of rotatable bonds is 8. The second-order valence-electron chi connectivity index (χ2n) is 12.0. The van der Waals surface area contributed by atoms with E-state index in [-0.39, 0.29) is 17.8 Å². The average molecular weight is 477 g/mol. The molecule has 1 aromatic heterocycles. The van der Waals surface area contributed by atoms with Gasteiger partial charge in [-0.3, -0.25) is 14.7 Å². The highest BCUT2D eigenvalue weighted by Gasteiger charge is 2.54. The number of Topliss-reactive ketones (excluding diaryl/α,β-unsaturated/α-hetero) is 1. The lowest BCUT2D eigenvalue weighted by Gasteiger charge is -2.55. The average Bonchev–Trinajstić information content (AvgIpc) is 3.31. The number of aliphatic carboxylic acids is 1. The standard InChI is InChI=1S/C29H36N2O4/c32-26(29-14-19-9-20(15-29)11-21(10-19)16-29)17-35-27-13-25(30-31-27)24-7-5-23(6-8-24)22-3-1-18(2-4-22)12-28(33)34/h5-8,13,18-22H,1-4,9-12,14-17H2,(H,30,31)(H,33,34). The molecule has 0 radical (unpaired) electrons. The van der Waals surface area contributed by atoms with Crippen molar-refractivity contribution in [2.75, 3.05) is 6.61 Å². The predicted molar refractivity (Wildman–Crippen MR) is 132 cm³/mol. The highest BCUT2D eigenvalue weighted by atomic mass is 16.5. The lowest BCUT2D eigenvalue weighted by molar-refractivity contribution is -0.146. The van der Waals surface area contributed by atoms with Gasteiger partial charge in [-0.25, -0.2) is 0 Å². The number of hydrogen-bond acceptors (Lipinski definition) is 4. The van der Waals surface area contributed by atoms with Crippen molar-refractivity contribution < 1.29 is 19.4 Å². The first kappa shape index (κ1) is 22.8. The van der Waals surface area contributed by atoms with Gasteiger partial charge in [0, 0.05) is 17.9 Å². The van der Waals surface area contributed by atoms with E-state index in [1.54, 1.807) is 0 Å². The SMILES string of the molecule is O=C(O)CC1CCC(c2ccc(-c3cc(OCC(=O)C45CC6CC(CC(C6)C4)C5)n[nH]3)cc2)CC1. The summed E-state index contributed by atoms with van der Waals surface area (Å²) in [5.41, 5.74) is 3.12. The Balaban J connectivity index is 1.04. The van der Waals surface area contributed by atoms with Gasteiger partial charge in [0.1, 0.15) is 6.61 Å². The van der Waals surface area contributed by atoms with Crippen LogP contribution in [-0.4, -0.2) is 33.7 Å². The van der Waals surface area contributed by atoms with Crippen LogP contribution in [0.4, 0.5) is 0 Å². The van der Waals surface area contributed by atoms with Gasteiger partial charge in [0.25, 0.3) is 0 Å². The van der Waals surface area contributed by atoms with Crippen molar-refractivity contribution in [2.24, 2.45) is 29.1 Å². The lowest BCUT2D eigenvalue weighted by Crippen LogP contribution is -2.51. The second kappa shape index (κ2) is 9.11. The van der Waals surface area contributed by atoms with Crippen LogP contribution in [0.15, 0.2) is 30.3 Å². The number of ketones is 1. The second-order valence-corrected chi connectivity index (χ2v) is 12.0. The van der Waals surface area contributed by atoms with E-state index in [4.69, 9.17) is 9.84 Å². The van der Waals surface area contributed by atoms with Crippen LogP contribution in [0.25, 0.3) is 11.3 Å². The Bertz CT molecular complexity index is 1050. The van der Waals surface area contributed by atoms with Crippen molar-refractivity contribution in [2.45, 2.75) is 76.5 Å². The molecule has 5 saturated carbocycles. The first-order valence-electron chi connectivity index (χ1n) is 13.5. The maximum atomic E-state index is 13.2. The van der Waals surface area contributed by atoms with Crippen LogP contribution in [0.1, 0.15) is 82.1 Å². The number of nitrogens with one attached hydrogen (secondary N) is 1. The maximum Gasteiger partial charge on any atom is 0.303 e. The van der Waals surface area contributed by atoms with Crippen LogP contribution in [0.3, 0.4) is 0 Å². The van der Waals surface area contributed by atoms with E-state index >= 15 is 0 Å². The summed E-state index contributed by atoms with van der Waals surface area (Å²) in [6.07, 6.45) is 11.6. The highest BCUT2D eigenvalue weighted by molar-refractivity contribution is 5.86. The minimum atomic E-state index is -0.683. The molecule has 0 amide bonds. The molecule has 1 heterocycles. The lowest BCUT2D eigenvalue weighted by atomic mass is 9.48. The fourth-order valence-corrected chi connectivity index (χ4v) is 8.15. The number of carbonyl (C=O) groups is 2. The number of H-pyrrole nitrogens is 1. The van der Waals surface area contributed by atoms with E-state index in [1.807, 2.05) is 6.07 Å². The minimum absolute atomic E-state index is 0.125. The summed E-state index contributed by atoms with van der Waals surface area (Å²) in [6, 6.07) is 10.5. The van der Waals surface area contributed by atoms with E-state index in [9.17, 15) is 9.59 Å². The van der Waals surface area contributed by atoms with E-state index < -0.39 is 5.97 Å². The van der Waals surface area contributed by atoms with Gasteiger partial charge >= 0.3 is 5.97 Å². The minimum Gasteiger partial charge on any atom is -0.481 e. The molecule has 5 aliphatic rings. The van der Waals surface area contributed by atoms with Crippen LogP contribution >= 0.6 is 0 Å². The zero-order chi connectivity index (χ0) is 24.0. The molecule has 0 atom stereocenters. The zero-order valence-corrected chi connectivity index (χ0v) is 20.4. The van der Waals surface area contributed by atoms with Crippen molar-refractivity contribution >= 4 is 11.8 Å². The van der Waals surface area contributed by atoms with Crippen LogP contribution in [0, 0.1) is 29.1 Å². The maximum absolute atomic E-state index is 13.2. The summed E-state index contributed by atoms with van der Waals surface area (Å²) in [5.74, 6) is 3.17. The van der Waals surface area contributed by atoms with Crippen molar-refractivity contribution in [3.05, 3.63) is 35.9 Å². The number of hydrogen-bond donors (Lipinski definition) is 2. The monoisotopic (exact) mass is 476 g/mol. The molecule has 2 aromatic rings. The molecule has 2 N–H and O–H groups in total. The van der Waals surface area contributed by atoms with Gasteiger partial charge in [0.05, 0.1) is 5.69 Å². The number of aromatic amines is 1. The zero-order valence-electron chi connectivity index (χ0n) is 20.4. The van der Waals surface area contributed by atoms with Crippen LogP contribution in [-0.2, 0) is 9.59 Å². The van der Waals surface area contributed by atoms with Gasteiger partial charge < -0.3 is 9.84 Å². The third kappa shape index (κ3) is 4.64. The molecule has 4 bridgehead atoms.